The Labute approximate surface area is 171 Å². The quantitative estimate of drug-likeness (QED) is 0.276. The van der Waals surface area contributed by atoms with Gasteiger partial charge in [-0.05, 0) is 41.1 Å². The van der Waals surface area contributed by atoms with Crippen LogP contribution in [0.3, 0.4) is 0 Å². The summed E-state index contributed by atoms with van der Waals surface area (Å²) in [6.07, 6.45) is 1.96. The number of aromatic nitrogens is 1. The van der Waals surface area contributed by atoms with E-state index in [2.05, 4.69) is 98.2 Å². The maximum atomic E-state index is 4.13. The Morgan fingerprint density at radius 1 is 0.778 bits per heavy atom. The highest BCUT2D eigenvalue weighted by Crippen LogP contribution is 2.41. The Bertz CT molecular complexity index is 1320. The van der Waals surface area contributed by atoms with Crippen LogP contribution >= 0.6 is 22.9 Å². The van der Waals surface area contributed by atoms with Gasteiger partial charge in [-0.1, -0.05) is 61.2 Å². The van der Waals surface area contributed by atoms with E-state index >= 15 is 0 Å². The molecular formula is C24H17IN2. The minimum absolute atomic E-state index is 1.07. The number of nitrogens with one attached hydrogen (secondary N) is 1. The van der Waals surface area contributed by atoms with Crippen molar-refractivity contribution in [3.05, 3.63) is 91.0 Å². The van der Waals surface area contributed by atoms with Crippen LogP contribution < -0.4 is 5.32 Å². The number of hydrogen-bond acceptors (Lipinski definition) is 1. The maximum absolute atomic E-state index is 4.13. The molecule has 0 bridgehead atoms. The molecule has 0 aliphatic carbocycles. The summed E-state index contributed by atoms with van der Waals surface area (Å²) in [5.74, 6) is 0. The zero-order valence-corrected chi connectivity index (χ0v) is 16.8. The van der Waals surface area contributed by atoms with Crippen molar-refractivity contribution in [2.45, 2.75) is 0 Å². The zero-order chi connectivity index (χ0) is 18.4. The molecule has 3 heteroatoms. The second kappa shape index (κ2) is 6.43. The first kappa shape index (κ1) is 16.4. The van der Waals surface area contributed by atoms with E-state index in [0.29, 0.717) is 0 Å². The monoisotopic (exact) mass is 460 g/mol. The van der Waals surface area contributed by atoms with Gasteiger partial charge in [0.05, 0.1) is 33.9 Å². The van der Waals surface area contributed by atoms with Crippen molar-refractivity contribution in [3.8, 4) is 0 Å². The van der Waals surface area contributed by atoms with Crippen LogP contribution in [-0.2, 0) is 0 Å². The fourth-order valence-corrected chi connectivity index (χ4v) is 4.65. The molecule has 0 fully saturated rings. The van der Waals surface area contributed by atoms with Crippen molar-refractivity contribution in [3.63, 3.8) is 0 Å². The van der Waals surface area contributed by atoms with Crippen LogP contribution in [0.1, 0.15) is 5.56 Å². The van der Waals surface area contributed by atoms with E-state index in [9.17, 15) is 0 Å². The Hall–Kier alpha value is -2.79. The van der Waals surface area contributed by atoms with Crippen molar-refractivity contribution < 1.29 is 0 Å². The minimum Gasteiger partial charge on any atom is -0.355 e. The molecule has 1 aromatic heterocycles. The lowest BCUT2D eigenvalue weighted by atomic mass is 9.99. The molecule has 0 unspecified atom stereocenters. The predicted octanol–water partition coefficient (Wildman–Crippen LogP) is 7.53. The highest BCUT2D eigenvalue weighted by molar-refractivity contribution is 14.1. The Morgan fingerprint density at radius 3 is 2.30 bits per heavy atom. The number of anilines is 2. The number of benzene rings is 4. The van der Waals surface area contributed by atoms with E-state index in [0.717, 1.165) is 16.9 Å². The van der Waals surface area contributed by atoms with Gasteiger partial charge in [-0.3, -0.25) is 2.78 Å². The SMILES string of the molecule is C=Cc1c(Nc2ccccc2)ccc2c1c1c3ccccc3ccc1n2I. The van der Waals surface area contributed by atoms with E-state index in [1.807, 2.05) is 24.3 Å². The number of hydrogen-bond donors (Lipinski definition) is 1. The molecule has 0 saturated heterocycles. The van der Waals surface area contributed by atoms with Gasteiger partial charge in [0, 0.05) is 27.7 Å². The summed E-state index contributed by atoms with van der Waals surface area (Å²) in [6, 6.07) is 27.6. The molecule has 0 radical (unpaired) electrons. The van der Waals surface area contributed by atoms with Crippen LogP contribution in [-0.4, -0.2) is 2.78 Å². The van der Waals surface area contributed by atoms with E-state index in [1.165, 1.54) is 32.6 Å². The third-order valence-electron chi connectivity index (χ3n) is 5.06. The van der Waals surface area contributed by atoms with Crippen molar-refractivity contribution in [2.24, 2.45) is 0 Å². The lowest BCUT2D eigenvalue weighted by molar-refractivity contribution is 1.49. The van der Waals surface area contributed by atoms with Crippen LogP contribution in [0.2, 0.25) is 0 Å². The summed E-state index contributed by atoms with van der Waals surface area (Å²) in [4.78, 5) is 0. The van der Waals surface area contributed by atoms with Gasteiger partial charge in [-0.15, -0.1) is 0 Å². The number of halogens is 1. The molecule has 27 heavy (non-hydrogen) atoms. The van der Waals surface area contributed by atoms with Gasteiger partial charge in [0.15, 0.2) is 0 Å². The van der Waals surface area contributed by atoms with E-state index in [4.69, 9.17) is 0 Å². The highest BCUT2D eigenvalue weighted by atomic mass is 127. The second-order valence-electron chi connectivity index (χ2n) is 6.58. The standard InChI is InChI=1S/C24H17IN2/c1-2-18-20(26-17-9-4-3-5-10-17)13-15-22-23(18)24-19-11-7-6-8-16(19)12-14-21(24)27(22)25/h2-15,26H,1H2. The van der Waals surface area contributed by atoms with Crippen LogP contribution in [0.15, 0.2) is 85.4 Å². The molecule has 0 aliphatic rings. The molecule has 0 spiro atoms. The third-order valence-corrected chi connectivity index (χ3v) is 6.10. The fraction of sp³-hybridized carbons (Fsp3) is 0. The van der Waals surface area contributed by atoms with Gasteiger partial charge in [0.25, 0.3) is 0 Å². The number of fused-ring (bicyclic) bond motifs is 5. The molecule has 1 heterocycles. The Balaban J connectivity index is 1.89. The highest BCUT2D eigenvalue weighted by Gasteiger charge is 2.16. The van der Waals surface area contributed by atoms with E-state index < -0.39 is 0 Å². The summed E-state index contributed by atoms with van der Waals surface area (Å²) in [7, 11) is 0. The smallest absolute Gasteiger partial charge is 0.0646 e. The predicted molar refractivity (Wildman–Crippen MR) is 126 cm³/mol. The molecule has 0 amide bonds. The first-order chi connectivity index (χ1) is 13.3. The number of nitrogens with zero attached hydrogens (tertiary/aromatic N) is 1. The Morgan fingerprint density at radius 2 is 1.48 bits per heavy atom. The largest absolute Gasteiger partial charge is 0.355 e. The van der Waals surface area contributed by atoms with Crippen molar-refractivity contribution in [2.75, 3.05) is 5.32 Å². The number of para-hydroxylation sites is 1. The van der Waals surface area contributed by atoms with Crippen molar-refractivity contribution in [1.82, 2.24) is 2.78 Å². The van der Waals surface area contributed by atoms with Crippen LogP contribution in [0.4, 0.5) is 11.4 Å². The normalized spacial score (nSPS) is 11.3. The molecule has 130 valence electrons. The van der Waals surface area contributed by atoms with Gasteiger partial charge in [-0.2, -0.15) is 0 Å². The van der Waals surface area contributed by atoms with E-state index in [-0.39, 0.29) is 0 Å². The Kier molecular flexibility index (Phi) is 3.90. The van der Waals surface area contributed by atoms with Gasteiger partial charge in [0.2, 0.25) is 0 Å². The topological polar surface area (TPSA) is 17.0 Å². The first-order valence-electron chi connectivity index (χ1n) is 8.87. The maximum Gasteiger partial charge on any atom is 0.0646 e. The molecule has 0 saturated carbocycles. The molecule has 2 nitrogen and oxygen atoms in total. The minimum atomic E-state index is 1.07. The second-order valence-corrected chi connectivity index (χ2v) is 7.54. The van der Waals surface area contributed by atoms with Crippen LogP contribution in [0.5, 0.6) is 0 Å². The van der Waals surface area contributed by atoms with Crippen LogP contribution in [0, 0.1) is 0 Å². The molecule has 5 aromatic rings. The van der Waals surface area contributed by atoms with Gasteiger partial charge in [0.1, 0.15) is 0 Å². The molecular weight excluding hydrogens is 443 g/mol. The summed E-state index contributed by atoms with van der Waals surface area (Å²) in [5, 5.41) is 8.61. The first-order valence-corrected chi connectivity index (χ1v) is 9.84. The number of rotatable bonds is 3. The average Bonchev–Trinajstić information content (AvgIpc) is 3.01. The van der Waals surface area contributed by atoms with Gasteiger partial charge in [-0.25, -0.2) is 0 Å². The van der Waals surface area contributed by atoms with Gasteiger partial charge >= 0.3 is 0 Å². The summed E-state index contributed by atoms with van der Waals surface area (Å²) in [5.41, 5.74) is 5.71. The van der Waals surface area contributed by atoms with E-state index in [1.54, 1.807) is 0 Å². The molecule has 1 N–H and O–H groups in total. The zero-order valence-electron chi connectivity index (χ0n) is 14.6. The van der Waals surface area contributed by atoms with Crippen molar-refractivity contribution >= 4 is 72.9 Å². The van der Waals surface area contributed by atoms with Gasteiger partial charge < -0.3 is 5.32 Å². The molecule has 4 aromatic carbocycles. The average molecular weight is 460 g/mol. The van der Waals surface area contributed by atoms with Crippen LogP contribution in [0.25, 0.3) is 38.7 Å². The molecule has 0 aliphatic heterocycles. The molecule has 5 rings (SSSR count). The summed E-state index contributed by atoms with van der Waals surface area (Å²) < 4.78 is 2.24. The lowest BCUT2D eigenvalue weighted by Gasteiger charge is -2.12. The van der Waals surface area contributed by atoms with Crippen molar-refractivity contribution in [1.29, 1.82) is 0 Å². The molecule has 0 atom stereocenters. The lowest BCUT2D eigenvalue weighted by Crippen LogP contribution is -1.93. The third kappa shape index (κ3) is 2.53. The summed E-state index contributed by atoms with van der Waals surface area (Å²) >= 11 is 2.39. The fourth-order valence-electron chi connectivity index (χ4n) is 3.85. The summed E-state index contributed by atoms with van der Waals surface area (Å²) in [6.45, 7) is 4.13.